The van der Waals surface area contributed by atoms with E-state index >= 15 is 0 Å². The summed E-state index contributed by atoms with van der Waals surface area (Å²) in [5.74, 6) is -0.0332. The van der Waals surface area contributed by atoms with Gasteiger partial charge in [0.15, 0.2) is 5.69 Å². The van der Waals surface area contributed by atoms with Crippen LogP contribution in [0.3, 0.4) is 0 Å². The molecule has 0 bridgehead atoms. The monoisotopic (exact) mass is 299 g/mol. The van der Waals surface area contributed by atoms with Crippen LogP contribution < -0.4 is 0 Å². The fourth-order valence-electron chi connectivity index (χ4n) is 2.61. The molecule has 6 nitrogen and oxygen atoms in total. The van der Waals surface area contributed by atoms with Gasteiger partial charge in [-0.2, -0.15) is 0 Å². The second-order valence-electron chi connectivity index (χ2n) is 5.61. The van der Waals surface area contributed by atoms with Crippen molar-refractivity contribution < 1.29 is 4.79 Å². The second-order valence-corrected chi connectivity index (χ2v) is 5.61. The van der Waals surface area contributed by atoms with Crippen molar-refractivity contribution in [2.75, 3.05) is 32.7 Å². The first kappa shape index (κ1) is 14.7. The molecule has 1 fully saturated rings. The fourth-order valence-corrected chi connectivity index (χ4v) is 2.61. The van der Waals surface area contributed by atoms with Gasteiger partial charge >= 0.3 is 0 Å². The molecule has 0 spiro atoms. The van der Waals surface area contributed by atoms with Gasteiger partial charge in [-0.3, -0.25) is 4.79 Å². The first-order valence-electron chi connectivity index (χ1n) is 7.68. The Morgan fingerprint density at radius 2 is 1.82 bits per heavy atom. The van der Waals surface area contributed by atoms with E-state index in [0.717, 1.165) is 38.4 Å². The number of rotatable bonds is 3. The molecule has 116 valence electrons. The third-order valence-electron chi connectivity index (χ3n) is 4.12. The maximum Gasteiger partial charge on any atom is 0.276 e. The van der Waals surface area contributed by atoms with Crippen molar-refractivity contribution >= 4 is 5.91 Å². The molecule has 22 heavy (non-hydrogen) atoms. The van der Waals surface area contributed by atoms with E-state index in [1.54, 1.807) is 10.9 Å². The minimum absolute atomic E-state index is 0.0332. The molecular formula is C16H21N5O. The molecule has 3 rings (SSSR count). The van der Waals surface area contributed by atoms with E-state index in [0.29, 0.717) is 5.69 Å². The summed E-state index contributed by atoms with van der Waals surface area (Å²) in [4.78, 5) is 16.7. The molecule has 0 aliphatic carbocycles. The van der Waals surface area contributed by atoms with E-state index in [9.17, 15) is 4.79 Å². The molecule has 1 amide bonds. The molecule has 0 radical (unpaired) electrons. The largest absolute Gasteiger partial charge is 0.335 e. The van der Waals surface area contributed by atoms with Gasteiger partial charge in [0.2, 0.25) is 0 Å². The molecule has 0 saturated carbocycles. The van der Waals surface area contributed by atoms with Gasteiger partial charge in [-0.1, -0.05) is 29.8 Å². The minimum Gasteiger partial charge on any atom is -0.335 e. The van der Waals surface area contributed by atoms with Crippen LogP contribution in [0.4, 0.5) is 0 Å². The van der Waals surface area contributed by atoms with Crippen LogP contribution in [0.2, 0.25) is 0 Å². The Hall–Kier alpha value is -2.21. The number of aryl methyl sites for hydroxylation is 1. The van der Waals surface area contributed by atoms with E-state index in [-0.39, 0.29) is 5.91 Å². The number of hydrogen-bond acceptors (Lipinski definition) is 4. The van der Waals surface area contributed by atoms with Gasteiger partial charge in [-0.25, -0.2) is 4.68 Å². The second kappa shape index (κ2) is 6.27. The smallest absolute Gasteiger partial charge is 0.276 e. The van der Waals surface area contributed by atoms with Gasteiger partial charge < -0.3 is 9.80 Å². The Bertz CT molecular complexity index is 641. The number of benzene rings is 1. The van der Waals surface area contributed by atoms with Crippen LogP contribution >= 0.6 is 0 Å². The Kier molecular flexibility index (Phi) is 4.20. The third-order valence-corrected chi connectivity index (χ3v) is 4.12. The van der Waals surface area contributed by atoms with Crippen LogP contribution in [0.1, 0.15) is 23.0 Å². The first-order valence-corrected chi connectivity index (χ1v) is 7.68. The number of likely N-dealkylation sites (N-methyl/N-ethyl adjacent to an activating group) is 1. The number of carbonyl (C=O) groups is 1. The van der Waals surface area contributed by atoms with Gasteiger partial charge in [0.05, 0.1) is 11.9 Å². The van der Waals surface area contributed by atoms with Crippen LogP contribution in [0.15, 0.2) is 30.5 Å². The van der Waals surface area contributed by atoms with Crippen LogP contribution in [0.5, 0.6) is 0 Å². The summed E-state index contributed by atoms with van der Waals surface area (Å²) in [6.45, 7) is 8.57. The topological polar surface area (TPSA) is 54.3 Å². The van der Waals surface area contributed by atoms with Crippen molar-refractivity contribution in [1.82, 2.24) is 24.8 Å². The summed E-state index contributed by atoms with van der Waals surface area (Å²) in [6, 6.07) is 7.97. The van der Waals surface area contributed by atoms with E-state index in [2.05, 4.69) is 22.1 Å². The predicted octanol–water partition coefficient (Wildman–Crippen LogP) is 1.35. The van der Waals surface area contributed by atoms with E-state index < -0.39 is 0 Å². The molecular weight excluding hydrogens is 278 g/mol. The van der Waals surface area contributed by atoms with Gasteiger partial charge in [0.25, 0.3) is 5.91 Å². The van der Waals surface area contributed by atoms with Crippen LogP contribution in [-0.4, -0.2) is 63.4 Å². The Labute approximate surface area is 130 Å². The molecule has 2 heterocycles. The molecule has 0 unspecified atom stereocenters. The number of hydrogen-bond donors (Lipinski definition) is 0. The highest BCUT2D eigenvalue weighted by molar-refractivity contribution is 5.92. The summed E-state index contributed by atoms with van der Waals surface area (Å²) in [7, 11) is 0. The zero-order valence-electron chi connectivity index (χ0n) is 13.1. The predicted molar refractivity (Wildman–Crippen MR) is 84.1 cm³/mol. The summed E-state index contributed by atoms with van der Waals surface area (Å²) in [5.41, 5.74) is 2.51. The van der Waals surface area contributed by atoms with Crippen molar-refractivity contribution in [3.8, 4) is 5.69 Å². The first-order chi connectivity index (χ1) is 10.7. The van der Waals surface area contributed by atoms with Gasteiger partial charge in [-0.15, -0.1) is 5.10 Å². The molecule has 1 aliphatic heterocycles. The van der Waals surface area contributed by atoms with Crippen LogP contribution in [-0.2, 0) is 0 Å². The Balaban J connectivity index is 1.71. The highest BCUT2D eigenvalue weighted by Gasteiger charge is 2.23. The fraction of sp³-hybridized carbons (Fsp3) is 0.438. The quantitative estimate of drug-likeness (QED) is 0.858. The van der Waals surface area contributed by atoms with Crippen molar-refractivity contribution in [2.24, 2.45) is 0 Å². The van der Waals surface area contributed by atoms with Crippen LogP contribution in [0, 0.1) is 6.92 Å². The maximum atomic E-state index is 12.5. The number of aromatic nitrogens is 3. The number of amides is 1. The molecule has 6 heteroatoms. The Morgan fingerprint density at radius 1 is 1.14 bits per heavy atom. The summed E-state index contributed by atoms with van der Waals surface area (Å²) in [5, 5.41) is 8.11. The lowest BCUT2D eigenvalue weighted by Crippen LogP contribution is -2.48. The SMILES string of the molecule is CCN1CCN(C(=O)c2cn(-c3ccc(C)cc3)nn2)CC1. The lowest BCUT2D eigenvalue weighted by Gasteiger charge is -2.33. The molecule has 0 N–H and O–H groups in total. The molecule has 1 aliphatic rings. The van der Waals surface area contributed by atoms with Gasteiger partial charge in [0, 0.05) is 26.2 Å². The average Bonchev–Trinajstić information content (AvgIpc) is 3.05. The molecule has 1 aromatic heterocycles. The lowest BCUT2D eigenvalue weighted by atomic mass is 10.2. The molecule has 1 aromatic carbocycles. The maximum absolute atomic E-state index is 12.5. The lowest BCUT2D eigenvalue weighted by molar-refractivity contribution is 0.0637. The number of piperazine rings is 1. The number of carbonyl (C=O) groups excluding carboxylic acids is 1. The average molecular weight is 299 g/mol. The van der Waals surface area contributed by atoms with Crippen molar-refractivity contribution in [2.45, 2.75) is 13.8 Å². The summed E-state index contributed by atoms with van der Waals surface area (Å²) < 4.78 is 1.65. The van der Waals surface area contributed by atoms with E-state index in [4.69, 9.17) is 0 Å². The summed E-state index contributed by atoms with van der Waals surface area (Å²) >= 11 is 0. The zero-order chi connectivity index (χ0) is 15.5. The van der Waals surface area contributed by atoms with Gasteiger partial charge in [0.1, 0.15) is 0 Å². The number of nitrogens with zero attached hydrogens (tertiary/aromatic N) is 5. The third kappa shape index (κ3) is 3.01. The van der Waals surface area contributed by atoms with E-state index in [1.165, 1.54) is 5.56 Å². The Morgan fingerprint density at radius 3 is 2.45 bits per heavy atom. The molecule has 0 atom stereocenters. The highest BCUT2D eigenvalue weighted by atomic mass is 16.2. The standard InChI is InChI=1S/C16H21N5O/c1-3-19-8-10-20(11-9-19)16(22)15-12-21(18-17-15)14-6-4-13(2)5-7-14/h4-7,12H,3,8-11H2,1-2H3. The normalized spacial score (nSPS) is 16.0. The van der Waals surface area contributed by atoms with Crippen molar-refractivity contribution in [1.29, 1.82) is 0 Å². The zero-order valence-corrected chi connectivity index (χ0v) is 13.1. The molecule has 1 saturated heterocycles. The molecule has 2 aromatic rings. The van der Waals surface area contributed by atoms with Crippen LogP contribution in [0.25, 0.3) is 5.69 Å². The van der Waals surface area contributed by atoms with E-state index in [1.807, 2.05) is 36.1 Å². The minimum atomic E-state index is -0.0332. The summed E-state index contributed by atoms with van der Waals surface area (Å²) in [6.07, 6.45) is 1.71. The van der Waals surface area contributed by atoms with Crippen molar-refractivity contribution in [3.05, 3.63) is 41.7 Å². The van der Waals surface area contributed by atoms with Crippen molar-refractivity contribution in [3.63, 3.8) is 0 Å². The highest BCUT2D eigenvalue weighted by Crippen LogP contribution is 2.11. The van der Waals surface area contributed by atoms with Gasteiger partial charge in [-0.05, 0) is 25.6 Å².